The molecule has 1 rings (SSSR count). The Morgan fingerprint density at radius 1 is 1.29 bits per heavy atom. The Balaban J connectivity index is 2.46. The summed E-state index contributed by atoms with van der Waals surface area (Å²) < 4.78 is 0.648. The highest BCUT2D eigenvalue weighted by Crippen LogP contribution is 2.21. The molecule has 0 spiro atoms. The van der Waals surface area contributed by atoms with Crippen molar-refractivity contribution in [3.63, 3.8) is 0 Å². The number of hydrogen-bond donors (Lipinski definition) is 3. The molecule has 116 valence electrons. The Morgan fingerprint density at radius 2 is 2.00 bits per heavy atom. The Labute approximate surface area is 132 Å². The van der Waals surface area contributed by atoms with E-state index in [2.05, 4.69) is 31.5 Å². The lowest BCUT2D eigenvalue weighted by Crippen LogP contribution is -2.30. The van der Waals surface area contributed by atoms with Crippen LogP contribution >= 0.6 is 15.9 Å². The maximum atomic E-state index is 11.7. The summed E-state index contributed by atoms with van der Waals surface area (Å²) in [6.45, 7) is 1.53. The molecule has 0 fully saturated rings. The number of amides is 2. The van der Waals surface area contributed by atoms with E-state index < -0.39 is 12.0 Å². The molecule has 0 atom stereocenters. The topological polar surface area (TPSA) is 81.7 Å². The van der Waals surface area contributed by atoms with Crippen molar-refractivity contribution < 1.29 is 14.7 Å². The number of carbonyl (C=O) groups excluding carboxylic acids is 1. The second kappa shape index (κ2) is 8.63. The summed E-state index contributed by atoms with van der Waals surface area (Å²) in [5.74, 6) is -1.09. The predicted octanol–water partition coefficient (Wildman–Crippen LogP) is 2.61. The predicted molar refractivity (Wildman–Crippen MR) is 85.9 cm³/mol. The van der Waals surface area contributed by atoms with Crippen molar-refractivity contribution in [3.05, 3.63) is 28.2 Å². The Morgan fingerprint density at radius 3 is 2.62 bits per heavy atom. The van der Waals surface area contributed by atoms with Crippen molar-refractivity contribution >= 4 is 33.6 Å². The minimum Gasteiger partial charge on any atom is -0.478 e. The number of urea groups is 1. The van der Waals surface area contributed by atoms with Gasteiger partial charge in [0.25, 0.3) is 0 Å². The number of rotatable bonds is 7. The summed E-state index contributed by atoms with van der Waals surface area (Å²) in [6.07, 6.45) is 1.86. The van der Waals surface area contributed by atoms with Gasteiger partial charge in [0.2, 0.25) is 0 Å². The van der Waals surface area contributed by atoms with Gasteiger partial charge in [-0.05, 0) is 51.7 Å². The van der Waals surface area contributed by atoms with Gasteiger partial charge in [-0.1, -0.05) is 15.9 Å². The largest absolute Gasteiger partial charge is 0.478 e. The molecular formula is C14H20BrN3O3. The number of unbranched alkanes of at least 4 members (excludes halogenated alkanes) is 1. The van der Waals surface area contributed by atoms with Crippen LogP contribution in [0.5, 0.6) is 0 Å². The molecular weight excluding hydrogens is 338 g/mol. The van der Waals surface area contributed by atoms with Crippen molar-refractivity contribution in [2.75, 3.05) is 32.5 Å². The summed E-state index contributed by atoms with van der Waals surface area (Å²) in [6, 6.07) is 4.29. The lowest BCUT2D eigenvalue weighted by Gasteiger charge is -2.11. The Hall–Kier alpha value is -1.60. The van der Waals surface area contributed by atoms with E-state index in [-0.39, 0.29) is 11.3 Å². The molecule has 7 heteroatoms. The van der Waals surface area contributed by atoms with Crippen molar-refractivity contribution in [1.82, 2.24) is 10.2 Å². The molecule has 0 aromatic heterocycles. The molecule has 1 aromatic rings. The van der Waals surface area contributed by atoms with Crippen molar-refractivity contribution in [3.8, 4) is 0 Å². The highest BCUT2D eigenvalue weighted by Gasteiger charge is 2.12. The smallest absolute Gasteiger partial charge is 0.337 e. The molecule has 0 aliphatic carbocycles. The van der Waals surface area contributed by atoms with Gasteiger partial charge >= 0.3 is 12.0 Å². The molecule has 0 unspecified atom stereocenters. The molecule has 1 aromatic carbocycles. The van der Waals surface area contributed by atoms with Crippen molar-refractivity contribution in [1.29, 1.82) is 0 Å². The molecule has 0 radical (unpaired) electrons. The highest BCUT2D eigenvalue weighted by atomic mass is 79.9. The first-order valence-electron chi connectivity index (χ1n) is 6.62. The van der Waals surface area contributed by atoms with E-state index in [0.717, 1.165) is 19.4 Å². The number of aromatic carboxylic acids is 1. The lowest BCUT2D eigenvalue weighted by atomic mass is 10.2. The summed E-state index contributed by atoms with van der Waals surface area (Å²) in [5.41, 5.74) is 0.323. The normalized spacial score (nSPS) is 10.5. The van der Waals surface area contributed by atoms with Crippen LogP contribution in [0.1, 0.15) is 23.2 Å². The zero-order chi connectivity index (χ0) is 15.8. The minimum atomic E-state index is -1.09. The molecule has 0 bridgehead atoms. The van der Waals surface area contributed by atoms with Gasteiger partial charge in [0.1, 0.15) is 0 Å². The zero-order valence-corrected chi connectivity index (χ0v) is 13.7. The van der Waals surface area contributed by atoms with Crippen LogP contribution in [0.4, 0.5) is 10.5 Å². The van der Waals surface area contributed by atoms with E-state index in [1.807, 2.05) is 14.1 Å². The van der Waals surface area contributed by atoms with Crippen LogP contribution in [0.15, 0.2) is 22.7 Å². The maximum absolute atomic E-state index is 11.7. The average molecular weight is 358 g/mol. The van der Waals surface area contributed by atoms with Gasteiger partial charge < -0.3 is 20.6 Å². The average Bonchev–Trinajstić information content (AvgIpc) is 2.39. The Kier molecular flexibility index (Phi) is 7.18. The molecule has 21 heavy (non-hydrogen) atoms. The van der Waals surface area contributed by atoms with E-state index in [1.165, 1.54) is 6.07 Å². The molecule has 0 aliphatic rings. The number of nitrogens with zero attached hydrogens (tertiary/aromatic N) is 1. The van der Waals surface area contributed by atoms with Crippen LogP contribution in [0.3, 0.4) is 0 Å². The summed E-state index contributed by atoms with van der Waals surface area (Å²) in [5, 5.41) is 14.4. The van der Waals surface area contributed by atoms with Crippen LogP contribution in [0, 0.1) is 0 Å². The SMILES string of the molecule is CN(C)CCCCNC(=O)Nc1ccc(Br)cc1C(=O)O. The number of carboxylic acids is 1. The Bertz CT molecular complexity index is 506. The van der Waals surface area contributed by atoms with E-state index in [4.69, 9.17) is 5.11 Å². The number of hydrogen-bond acceptors (Lipinski definition) is 3. The molecule has 0 aliphatic heterocycles. The third kappa shape index (κ3) is 6.59. The maximum Gasteiger partial charge on any atom is 0.337 e. The van der Waals surface area contributed by atoms with E-state index in [9.17, 15) is 9.59 Å². The lowest BCUT2D eigenvalue weighted by molar-refractivity contribution is 0.0698. The second-order valence-corrected chi connectivity index (χ2v) is 5.80. The van der Waals surface area contributed by atoms with Crippen LogP contribution in [-0.4, -0.2) is 49.2 Å². The van der Waals surface area contributed by atoms with E-state index in [0.29, 0.717) is 11.0 Å². The third-order valence-corrected chi connectivity index (χ3v) is 3.27. The monoisotopic (exact) mass is 357 g/mol. The molecule has 6 nitrogen and oxygen atoms in total. The fourth-order valence-electron chi connectivity index (χ4n) is 1.72. The van der Waals surface area contributed by atoms with E-state index in [1.54, 1.807) is 12.1 Å². The second-order valence-electron chi connectivity index (χ2n) is 4.89. The van der Waals surface area contributed by atoms with Crippen LogP contribution < -0.4 is 10.6 Å². The number of benzene rings is 1. The molecule has 0 heterocycles. The van der Waals surface area contributed by atoms with Gasteiger partial charge in [-0.2, -0.15) is 0 Å². The van der Waals surface area contributed by atoms with Crippen molar-refractivity contribution in [2.45, 2.75) is 12.8 Å². The quantitative estimate of drug-likeness (QED) is 0.655. The standard InChI is InChI=1S/C14H20BrN3O3/c1-18(2)8-4-3-7-16-14(21)17-12-6-5-10(15)9-11(12)13(19)20/h5-6,9H,3-4,7-8H2,1-2H3,(H,19,20)(H2,16,17,21). The van der Waals surface area contributed by atoms with Gasteiger partial charge in [0.15, 0.2) is 0 Å². The first kappa shape index (κ1) is 17.5. The molecule has 2 amide bonds. The fraction of sp³-hybridized carbons (Fsp3) is 0.429. The van der Waals surface area contributed by atoms with Crippen LogP contribution in [-0.2, 0) is 0 Å². The molecule has 0 saturated heterocycles. The van der Waals surface area contributed by atoms with Crippen LogP contribution in [0.2, 0.25) is 0 Å². The van der Waals surface area contributed by atoms with Crippen molar-refractivity contribution in [2.24, 2.45) is 0 Å². The van der Waals surface area contributed by atoms with Gasteiger partial charge in [0.05, 0.1) is 11.3 Å². The van der Waals surface area contributed by atoms with E-state index >= 15 is 0 Å². The highest BCUT2D eigenvalue weighted by molar-refractivity contribution is 9.10. The molecule has 3 N–H and O–H groups in total. The number of carboxylic acid groups (broad SMARTS) is 1. The third-order valence-electron chi connectivity index (χ3n) is 2.78. The first-order chi connectivity index (χ1) is 9.90. The summed E-state index contributed by atoms with van der Waals surface area (Å²) in [4.78, 5) is 24.9. The number of carbonyl (C=O) groups is 2. The first-order valence-corrected chi connectivity index (χ1v) is 7.42. The summed E-state index contributed by atoms with van der Waals surface area (Å²) >= 11 is 3.21. The number of anilines is 1. The molecule has 0 saturated carbocycles. The van der Waals surface area contributed by atoms with Gasteiger partial charge in [-0.3, -0.25) is 0 Å². The number of nitrogens with one attached hydrogen (secondary N) is 2. The van der Waals surface area contributed by atoms with Crippen LogP contribution in [0.25, 0.3) is 0 Å². The summed E-state index contributed by atoms with van der Waals surface area (Å²) in [7, 11) is 4.00. The van der Waals surface area contributed by atoms with Gasteiger partial charge in [0, 0.05) is 11.0 Å². The van der Waals surface area contributed by atoms with Gasteiger partial charge in [-0.15, -0.1) is 0 Å². The minimum absolute atomic E-state index is 0.0483. The zero-order valence-electron chi connectivity index (χ0n) is 12.1. The van der Waals surface area contributed by atoms with Gasteiger partial charge in [-0.25, -0.2) is 9.59 Å². The fourth-order valence-corrected chi connectivity index (χ4v) is 2.08. The number of halogens is 1.